The highest BCUT2D eigenvalue weighted by Crippen LogP contribution is 2.48. The average molecular weight is 489 g/mol. The van der Waals surface area contributed by atoms with Crippen molar-refractivity contribution in [1.82, 2.24) is 25.2 Å². The summed E-state index contributed by atoms with van der Waals surface area (Å²) in [6, 6.07) is 5.42. The SMILES string of the molecule is CN1C(=O)N(Cc2c(O)c(-c3ccc4n[nH]nc4c3)cc(C(C)(C)C)c2C(F)(F)F)C(=O)C1(C)C. The van der Waals surface area contributed by atoms with Crippen LogP contribution in [-0.2, 0) is 22.9 Å². The quantitative estimate of drug-likeness (QED) is 0.514. The summed E-state index contributed by atoms with van der Waals surface area (Å²) in [5, 5.41) is 21.7. The zero-order valence-corrected chi connectivity index (χ0v) is 20.2. The fraction of sp³-hybridized carbons (Fsp3) is 0.417. The van der Waals surface area contributed by atoms with Crippen LogP contribution >= 0.6 is 0 Å². The zero-order valence-electron chi connectivity index (χ0n) is 20.2. The smallest absolute Gasteiger partial charge is 0.417 e. The molecule has 1 aliphatic rings. The van der Waals surface area contributed by atoms with Crippen LogP contribution in [0, 0.1) is 0 Å². The van der Waals surface area contributed by atoms with Crippen LogP contribution in [0.15, 0.2) is 24.3 Å². The van der Waals surface area contributed by atoms with E-state index in [1.165, 1.54) is 31.9 Å². The maximum absolute atomic E-state index is 14.5. The number of aromatic nitrogens is 3. The first-order valence-electron chi connectivity index (χ1n) is 10.9. The topological polar surface area (TPSA) is 102 Å². The number of nitrogens with zero attached hydrogens (tertiary/aromatic N) is 4. The Morgan fingerprint density at radius 1 is 1.06 bits per heavy atom. The van der Waals surface area contributed by atoms with Gasteiger partial charge in [0.05, 0.1) is 12.1 Å². The molecule has 0 saturated carbocycles. The molecule has 2 heterocycles. The summed E-state index contributed by atoms with van der Waals surface area (Å²) < 4.78 is 43.5. The van der Waals surface area contributed by atoms with Gasteiger partial charge in [0.15, 0.2) is 0 Å². The van der Waals surface area contributed by atoms with Gasteiger partial charge in [0.1, 0.15) is 22.3 Å². The first-order valence-corrected chi connectivity index (χ1v) is 10.9. The summed E-state index contributed by atoms with van der Waals surface area (Å²) in [5.74, 6) is -1.30. The number of aromatic hydroxyl groups is 1. The molecule has 2 N–H and O–H groups in total. The van der Waals surface area contributed by atoms with Gasteiger partial charge in [0, 0.05) is 18.2 Å². The highest BCUT2D eigenvalue weighted by molar-refractivity contribution is 6.06. The summed E-state index contributed by atoms with van der Waals surface area (Å²) in [5.41, 5.74) is -2.29. The summed E-state index contributed by atoms with van der Waals surface area (Å²) >= 11 is 0. The number of carbonyl (C=O) groups excluding carboxylic acids is 2. The van der Waals surface area contributed by atoms with Crippen molar-refractivity contribution in [2.75, 3.05) is 7.05 Å². The number of aromatic amines is 1. The number of phenols is 1. The van der Waals surface area contributed by atoms with E-state index < -0.39 is 52.5 Å². The Morgan fingerprint density at radius 2 is 1.69 bits per heavy atom. The molecular weight excluding hydrogens is 463 g/mol. The number of rotatable bonds is 3. The van der Waals surface area contributed by atoms with Gasteiger partial charge >= 0.3 is 12.2 Å². The molecule has 0 bridgehead atoms. The number of likely N-dealkylation sites (N-methyl/N-ethyl adjacent to an activating group) is 1. The van der Waals surface area contributed by atoms with Crippen molar-refractivity contribution in [3.05, 3.63) is 41.0 Å². The van der Waals surface area contributed by atoms with Gasteiger partial charge in [-0.1, -0.05) is 26.8 Å². The van der Waals surface area contributed by atoms with Gasteiger partial charge in [-0.25, -0.2) is 4.79 Å². The van der Waals surface area contributed by atoms with Crippen molar-refractivity contribution in [3.8, 4) is 16.9 Å². The van der Waals surface area contributed by atoms with E-state index in [0.717, 1.165) is 4.90 Å². The molecule has 3 aromatic rings. The van der Waals surface area contributed by atoms with Crippen molar-refractivity contribution in [2.24, 2.45) is 0 Å². The minimum absolute atomic E-state index is 0.0697. The molecule has 3 amide bonds. The lowest BCUT2D eigenvalue weighted by Gasteiger charge is -2.29. The lowest BCUT2D eigenvalue weighted by atomic mass is 9.79. The maximum Gasteiger partial charge on any atom is 0.417 e. The average Bonchev–Trinajstić information content (AvgIpc) is 3.27. The van der Waals surface area contributed by atoms with E-state index >= 15 is 0 Å². The van der Waals surface area contributed by atoms with Gasteiger partial charge in [-0.3, -0.25) is 9.69 Å². The first kappa shape index (κ1) is 24.5. The molecule has 0 radical (unpaired) electrons. The number of halogens is 3. The third-order valence-electron chi connectivity index (χ3n) is 6.56. The molecule has 1 fully saturated rings. The summed E-state index contributed by atoms with van der Waals surface area (Å²) in [7, 11) is 1.41. The van der Waals surface area contributed by atoms with Crippen molar-refractivity contribution in [2.45, 2.75) is 58.3 Å². The van der Waals surface area contributed by atoms with E-state index in [2.05, 4.69) is 15.4 Å². The van der Waals surface area contributed by atoms with E-state index in [0.29, 0.717) is 16.6 Å². The van der Waals surface area contributed by atoms with Gasteiger partial charge in [-0.05, 0) is 48.6 Å². The number of nitrogens with one attached hydrogen (secondary N) is 1. The van der Waals surface area contributed by atoms with Crippen molar-refractivity contribution in [3.63, 3.8) is 0 Å². The molecule has 8 nitrogen and oxygen atoms in total. The van der Waals surface area contributed by atoms with E-state index in [4.69, 9.17) is 0 Å². The molecule has 0 unspecified atom stereocenters. The molecule has 0 spiro atoms. The Morgan fingerprint density at radius 3 is 2.23 bits per heavy atom. The molecule has 0 atom stereocenters. The van der Waals surface area contributed by atoms with Crippen molar-refractivity contribution >= 4 is 23.0 Å². The Balaban J connectivity index is 2.00. The summed E-state index contributed by atoms with van der Waals surface area (Å²) in [4.78, 5) is 27.7. The van der Waals surface area contributed by atoms with Gasteiger partial charge in [-0.2, -0.15) is 28.6 Å². The van der Waals surface area contributed by atoms with Gasteiger partial charge in [-0.15, -0.1) is 0 Å². The second-order valence-corrected chi connectivity index (χ2v) is 10.2. The number of urea groups is 1. The van der Waals surface area contributed by atoms with Crippen LogP contribution in [0.3, 0.4) is 0 Å². The van der Waals surface area contributed by atoms with Crippen molar-refractivity contribution in [1.29, 1.82) is 0 Å². The number of hydrogen-bond acceptors (Lipinski definition) is 5. The van der Waals surface area contributed by atoms with Crippen LogP contribution in [0.25, 0.3) is 22.2 Å². The molecule has 186 valence electrons. The number of amides is 3. The standard InChI is InChI=1S/C24H26F3N5O3/c1-22(2,3)15-10-13(12-7-8-16-17(9-12)29-30-28-16)19(33)14(18(15)24(25,26)27)11-32-20(34)23(4,5)31(6)21(32)35/h7-10,33H,11H2,1-6H3,(H,28,29,30). The third-order valence-corrected chi connectivity index (χ3v) is 6.56. The second kappa shape index (κ2) is 7.69. The molecule has 11 heteroatoms. The number of imide groups is 1. The lowest BCUT2D eigenvalue weighted by molar-refractivity contribution is -0.140. The van der Waals surface area contributed by atoms with Crippen LogP contribution < -0.4 is 0 Å². The van der Waals surface area contributed by atoms with Crippen LogP contribution in [0.2, 0.25) is 0 Å². The molecule has 1 aromatic heterocycles. The molecule has 0 aliphatic carbocycles. The molecule has 4 rings (SSSR count). The van der Waals surface area contributed by atoms with Gasteiger partial charge in [0.25, 0.3) is 5.91 Å². The van der Waals surface area contributed by atoms with E-state index in [9.17, 15) is 27.9 Å². The zero-order chi connectivity index (χ0) is 26.1. The highest BCUT2D eigenvalue weighted by Gasteiger charge is 2.50. The van der Waals surface area contributed by atoms with Crippen LogP contribution in [0.4, 0.5) is 18.0 Å². The largest absolute Gasteiger partial charge is 0.507 e. The first-order chi connectivity index (χ1) is 16.0. The molecule has 1 saturated heterocycles. The van der Waals surface area contributed by atoms with E-state index in [1.807, 2.05) is 0 Å². The minimum atomic E-state index is -4.85. The predicted molar refractivity (Wildman–Crippen MR) is 122 cm³/mol. The monoisotopic (exact) mass is 489 g/mol. The lowest BCUT2D eigenvalue weighted by Crippen LogP contribution is -2.41. The molecular formula is C24H26F3N5O3. The predicted octanol–water partition coefficient (Wildman–Crippen LogP) is 4.82. The Hall–Kier alpha value is -3.63. The molecule has 35 heavy (non-hydrogen) atoms. The fourth-order valence-corrected chi connectivity index (χ4v) is 4.30. The number of fused-ring (bicyclic) bond motifs is 1. The third kappa shape index (κ3) is 3.88. The normalized spacial score (nSPS) is 16.6. The maximum atomic E-state index is 14.5. The highest BCUT2D eigenvalue weighted by atomic mass is 19.4. The Labute approximate surface area is 199 Å². The fourth-order valence-electron chi connectivity index (χ4n) is 4.30. The Bertz CT molecular complexity index is 1350. The molecule has 2 aromatic carbocycles. The summed E-state index contributed by atoms with van der Waals surface area (Å²) in [6.45, 7) is 7.20. The van der Waals surface area contributed by atoms with E-state index in [1.54, 1.807) is 39.0 Å². The van der Waals surface area contributed by atoms with Gasteiger partial charge < -0.3 is 10.0 Å². The second-order valence-electron chi connectivity index (χ2n) is 10.2. The van der Waals surface area contributed by atoms with Gasteiger partial charge in [0.2, 0.25) is 0 Å². The van der Waals surface area contributed by atoms with Crippen LogP contribution in [0.5, 0.6) is 5.75 Å². The summed E-state index contributed by atoms with van der Waals surface area (Å²) in [6.07, 6.45) is -4.85. The number of benzene rings is 2. The van der Waals surface area contributed by atoms with Crippen molar-refractivity contribution < 1.29 is 27.9 Å². The molecule has 1 aliphatic heterocycles. The Kier molecular flexibility index (Phi) is 5.38. The van der Waals surface area contributed by atoms with Crippen LogP contribution in [0.1, 0.15) is 51.3 Å². The van der Waals surface area contributed by atoms with Crippen LogP contribution in [-0.4, -0.2) is 54.8 Å². The van der Waals surface area contributed by atoms with E-state index in [-0.39, 0.29) is 11.1 Å². The minimum Gasteiger partial charge on any atom is -0.507 e. The number of alkyl halides is 3. The number of phenolic OH excluding ortho intramolecular Hbond substituents is 1. The number of hydrogen-bond donors (Lipinski definition) is 2. The number of H-pyrrole nitrogens is 1. The number of carbonyl (C=O) groups is 2.